The summed E-state index contributed by atoms with van der Waals surface area (Å²) in [5, 5.41) is 0. The molecular formula is C35H66O2S. The highest BCUT2D eigenvalue weighted by Crippen LogP contribution is 2.31. The minimum Gasteiger partial charge on any atom is -0.350 e. The predicted molar refractivity (Wildman–Crippen MR) is 172 cm³/mol. The molecule has 1 aliphatic rings. The van der Waals surface area contributed by atoms with Crippen molar-refractivity contribution in [2.45, 2.75) is 180 Å². The second-order valence-corrected chi connectivity index (χ2v) is 12.1. The van der Waals surface area contributed by atoms with Crippen molar-refractivity contribution in [1.29, 1.82) is 0 Å². The molecule has 0 radical (unpaired) electrons. The SMILES string of the molecule is CCCCCC/C=C\CCCCCCCCC1(CCCCCCCC/C=C\CCCCCS)OCCCO1. The van der Waals surface area contributed by atoms with Gasteiger partial charge in [-0.25, -0.2) is 0 Å². The molecule has 0 aromatic carbocycles. The molecule has 3 heteroatoms. The third kappa shape index (κ3) is 22.6. The number of allylic oxidation sites excluding steroid dienone is 4. The van der Waals surface area contributed by atoms with Crippen LogP contribution in [0.5, 0.6) is 0 Å². The fourth-order valence-corrected chi connectivity index (χ4v) is 5.69. The third-order valence-corrected chi connectivity index (χ3v) is 8.28. The Labute approximate surface area is 244 Å². The van der Waals surface area contributed by atoms with Crippen LogP contribution < -0.4 is 0 Å². The van der Waals surface area contributed by atoms with Crippen molar-refractivity contribution < 1.29 is 9.47 Å². The van der Waals surface area contributed by atoms with E-state index in [4.69, 9.17) is 9.47 Å². The zero-order valence-corrected chi connectivity index (χ0v) is 26.5. The zero-order chi connectivity index (χ0) is 27.2. The molecule has 1 aliphatic heterocycles. The van der Waals surface area contributed by atoms with Gasteiger partial charge in [-0.3, -0.25) is 0 Å². The first-order valence-electron chi connectivity index (χ1n) is 17.0. The predicted octanol–water partition coefficient (Wildman–Crippen LogP) is 11.9. The molecule has 0 bridgehead atoms. The fourth-order valence-electron chi connectivity index (χ4n) is 5.47. The number of thiol groups is 1. The quantitative estimate of drug-likeness (QED) is 0.0593. The summed E-state index contributed by atoms with van der Waals surface area (Å²) in [4.78, 5) is 0. The van der Waals surface area contributed by atoms with Gasteiger partial charge in [0.05, 0.1) is 13.2 Å². The van der Waals surface area contributed by atoms with Gasteiger partial charge in [-0.1, -0.05) is 108 Å². The van der Waals surface area contributed by atoms with E-state index in [9.17, 15) is 0 Å². The highest BCUT2D eigenvalue weighted by atomic mass is 32.1. The van der Waals surface area contributed by atoms with Crippen molar-refractivity contribution in [2.24, 2.45) is 0 Å². The lowest BCUT2D eigenvalue weighted by atomic mass is 9.98. The van der Waals surface area contributed by atoms with Gasteiger partial charge in [-0.05, 0) is 82.8 Å². The topological polar surface area (TPSA) is 18.5 Å². The van der Waals surface area contributed by atoms with E-state index in [-0.39, 0.29) is 5.79 Å². The smallest absolute Gasteiger partial charge is 0.168 e. The Morgan fingerprint density at radius 2 is 0.868 bits per heavy atom. The lowest BCUT2D eigenvalue weighted by Crippen LogP contribution is -2.40. The van der Waals surface area contributed by atoms with Gasteiger partial charge >= 0.3 is 0 Å². The summed E-state index contributed by atoms with van der Waals surface area (Å²) in [6.45, 7) is 4.05. The van der Waals surface area contributed by atoms with Crippen LogP contribution in [0.2, 0.25) is 0 Å². The van der Waals surface area contributed by atoms with Crippen molar-refractivity contribution in [3.8, 4) is 0 Å². The Hall–Kier alpha value is -0.250. The molecule has 1 fully saturated rings. The van der Waals surface area contributed by atoms with Crippen molar-refractivity contribution >= 4 is 12.6 Å². The maximum absolute atomic E-state index is 6.25. The van der Waals surface area contributed by atoms with E-state index in [1.807, 2.05) is 0 Å². The first kappa shape index (κ1) is 35.8. The number of ether oxygens (including phenoxy) is 2. The molecule has 0 aromatic rings. The lowest BCUT2D eigenvalue weighted by molar-refractivity contribution is -0.274. The van der Waals surface area contributed by atoms with Gasteiger partial charge in [-0.15, -0.1) is 0 Å². The Morgan fingerprint density at radius 3 is 1.29 bits per heavy atom. The molecule has 2 nitrogen and oxygen atoms in total. The van der Waals surface area contributed by atoms with E-state index in [1.165, 1.54) is 148 Å². The molecule has 0 spiro atoms. The molecule has 0 saturated carbocycles. The van der Waals surface area contributed by atoms with Crippen LogP contribution in [0.4, 0.5) is 0 Å². The van der Waals surface area contributed by atoms with Crippen LogP contribution in [-0.4, -0.2) is 24.8 Å². The van der Waals surface area contributed by atoms with Gasteiger partial charge in [0, 0.05) is 12.8 Å². The fraction of sp³-hybridized carbons (Fsp3) is 0.886. The van der Waals surface area contributed by atoms with Crippen LogP contribution in [0.15, 0.2) is 24.3 Å². The Balaban J connectivity index is 1.98. The van der Waals surface area contributed by atoms with Gasteiger partial charge in [0.15, 0.2) is 5.79 Å². The molecule has 1 rings (SSSR count). The van der Waals surface area contributed by atoms with E-state index in [1.54, 1.807) is 0 Å². The van der Waals surface area contributed by atoms with Crippen molar-refractivity contribution in [3.05, 3.63) is 24.3 Å². The van der Waals surface area contributed by atoms with Crippen LogP contribution in [0.1, 0.15) is 174 Å². The van der Waals surface area contributed by atoms with Crippen molar-refractivity contribution in [3.63, 3.8) is 0 Å². The lowest BCUT2D eigenvalue weighted by Gasteiger charge is -2.37. The summed E-state index contributed by atoms with van der Waals surface area (Å²) in [5.41, 5.74) is 0. The summed E-state index contributed by atoms with van der Waals surface area (Å²) in [7, 11) is 0. The van der Waals surface area contributed by atoms with E-state index in [0.717, 1.165) is 38.2 Å². The zero-order valence-electron chi connectivity index (χ0n) is 25.6. The first-order valence-corrected chi connectivity index (χ1v) is 17.6. The third-order valence-electron chi connectivity index (χ3n) is 7.96. The maximum atomic E-state index is 6.25. The molecule has 224 valence electrons. The Kier molecular flexibility index (Phi) is 26.6. The van der Waals surface area contributed by atoms with Crippen molar-refractivity contribution in [2.75, 3.05) is 19.0 Å². The summed E-state index contributed by atoms with van der Waals surface area (Å²) in [6, 6.07) is 0. The molecular weight excluding hydrogens is 484 g/mol. The van der Waals surface area contributed by atoms with Crippen molar-refractivity contribution in [1.82, 2.24) is 0 Å². The van der Waals surface area contributed by atoms with Gasteiger partial charge in [0.1, 0.15) is 0 Å². The molecule has 38 heavy (non-hydrogen) atoms. The van der Waals surface area contributed by atoms with Gasteiger partial charge < -0.3 is 9.47 Å². The minimum atomic E-state index is -0.266. The molecule has 0 N–H and O–H groups in total. The average Bonchev–Trinajstić information content (AvgIpc) is 2.94. The average molecular weight is 551 g/mol. The second-order valence-electron chi connectivity index (χ2n) is 11.6. The summed E-state index contributed by atoms with van der Waals surface area (Å²) in [5.74, 6) is 0.764. The first-order chi connectivity index (χ1) is 18.8. The van der Waals surface area contributed by atoms with Crippen LogP contribution in [0.3, 0.4) is 0 Å². The Morgan fingerprint density at radius 1 is 0.500 bits per heavy atom. The van der Waals surface area contributed by atoms with Crippen LogP contribution >= 0.6 is 12.6 Å². The maximum Gasteiger partial charge on any atom is 0.168 e. The highest BCUT2D eigenvalue weighted by molar-refractivity contribution is 7.80. The molecule has 1 heterocycles. The van der Waals surface area contributed by atoms with E-state index in [2.05, 4.69) is 43.9 Å². The number of hydrogen-bond acceptors (Lipinski definition) is 3. The minimum absolute atomic E-state index is 0.266. The summed E-state index contributed by atoms with van der Waals surface area (Å²) in [6.07, 6.45) is 43.4. The molecule has 1 saturated heterocycles. The number of unbranched alkanes of at least 4 members (excludes halogenated alkanes) is 19. The number of hydrogen-bond donors (Lipinski definition) is 1. The monoisotopic (exact) mass is 550 g/mol. The van der Waals surface area contributed by atoms with Crippen LogP contribution in [0.25, 0.3) is 0 Å². The molecule has 0 atom stereocenters. The van der Waals surface area contributed by atoms with Gasteiger partial charge in [-0.2, -0.15) is 12.6 Å². The molecule has 0 unspecified atom stereocenters. The molecule has 0 aliphatic carbocycles. The van der Waals surface area contributed by atoms with Gasteiger partial charge in [0.2, 0.25) is 0 Å². The summed E-state index contributed by atoms with van der Waals surface area (Å²) < 4.78 is 12.5. The van der Waals surface area contributed by atoms with E-state index < -0.39 is 0 Å². The highest BCUT2D eigenvalue weighted by Gasteiger charge is 2.33. The van der Waals surface area contributed by atoms with Gasteiger partial charge in [0.25, 0.3) is 0 Å². The standard InChI is InChI=1S/C35H66O2S/c1-2-3-4-5-6-7-8-9-11-14-17-20-23-26-30-35(36-32-29-33-37-35)31-27-24-21-18-15-12-10-13-16-19-22-25-28-34-38/h7-8,13,16,38H,2-6,9-12,14-15,17-34H2,1H3/b8-7-,16-13-. The van der Waals surface area contributed by atoms with E-state index in [0.29, 0.717) is 0 Å². The van der Waals surface area contributed by atoms with Crippen LogP contribution in [0, 0.1) is 0 Å². The molecule has 0 amide bonds. The second kappa shape index (κ2) is 28.3. The Bertz CT molecular complexity index is 484. The van der Waals surface area contributed by atoms with E-state index >= 15 is 0 Å². The largest absolute Gasteiger partial charge is 0.350 e. The normalized spacial score (nSPS) is 15.7. The number of rotatable bonds is 28. The van der Waals surface area contributed by atoms with Crippen LogP contribution in [-0.2, 0) is 9.47 Å². The molecule has 0 aromatic heterocycles. The summed E-state index contributed by atoms with van der Waals surface area (Å²) >= 11 is 4.27.